The molecule has 1 aliphatic heterocycles. The number of benzene rings is 1. The third kappa shape index (κ3) is 1.94. The van der Waals surface area contributed by atoms with Crippen molar-refractivity contribution in [2.45, 2.75) is 13.3 Å². The number of amides is 1. The van der Waals surface area contributed by atoms with Gasteiger partial charge in [-0.15, -0.1) is 0 Å². The minimum atomic E-state index is 0.148. The molecule has 15 heavy (non-hydrogen) atoms. The fourth-order valence-electron chi connectivity index (χ4n) is 1.60. The van der Waals surface area contributed by atoms with Gasteiger partial charge in [-0.25, -0.2) is 0 Å². The standard InChI is InChI=1S/C13H15NO/c1-10(2)11-4-6-12(7-5-11)13(15)14-8-3-9-14/h4-7H,1,3,8-9H2,2H3. The van der Waals surface area contributed by atoms with E-state index in [-0.39, 0.29) is 5.91 Å². The Labute approximate surface area is 90.2 Å². The topological polar surface area (TPSA) is 20.3 Å². The molecule has 0 aromatic heterocycles. The van der Waals surface area contributed by atoms with Gasteiger partial charge >= 0.3 is 0 Å². The van der Waals surface area contributed by atoms with E-state index in [1.807, 2.05) is 36.1 Å². The molecule has 78 valence electrons. The summed E-state index contributed by atoms with van der Waals surface area (Å²) < 4.78 is 0. The third-order valence-electron chi connectivity index (χ3n) is 2.77. The van der Waals surface area contributed by atoms with Gasteiger partial charge in [0.05, 0.1) is 0 Å². The van der Waals surface area contributed by atoms with Crippen LogP contribution in [0.2, 0.25) is 0 Å². The second kappa shape index (κ2) is 3.89. The molecule has 0 saturated carbocycles. The normalized spacial score (nSPS) is 14.6. The van der Waals surface area contributed by atoms with Crippen molar-refractivity contribution in [2.24, 2.45) is 0 Å². The molecule has 0 N–H and O–H groups in total. The van der Waals surface area contributed by atoms with Crippen molar-refractivity contribution < 1.29 is 4.79 Å². The maximum Gasteiger partial charge on any atom is 0.253 e. The quantitative estimate of drug-likeness (QED) is 0.720. The van der Waals surface area contributed by atoms with E-state index >= 15 is 0 Å². The lowest BCUT2D eigenvalue weighted by molar-refractivity contribution is 0.0652. The van der Waals surface area contributed by atoms with Gasteiger partial charge in [-0.1, -0.05) is 24.3 Å². The van der Waals surface area contributed by atoms with Gasteiger partial charge in [0, 0.05) is 18.7 Å². The first kappa shape index (κ1) is 9.97. The summed E-state index contributed by atoms with van der Waals surface area (Å²) >= 11 is 0. The molecule has 0 spiro atoms. The Morgan fingerprint density at radius 1 is 1.20 bits per heavy atom. The fraction of sp³-hybridized carbons (Fsp3) is 0.308. The van der Waals surface area contributed by atoms with Crippen LogP contribution >= 0.6 is 0 Å². The Hall–Kier alpha value is -1.57. The lowest BCUT2D eigenvalue weighted by atomic mass is 10.1. The average molecular weight is 201 g/mol. The van der Waals surface area contributed by atoms with Crippen LogP contribution in [0, 0.1) is 0 Å². The molecule has 1 heterocycles. The molecule has 1 fully saturated rings. The van der Waals surface area contributed by atoms with Crippen molar-refractivity contribution in [3.8, 4) is 0 Å². The number of hydrogen-bond donors (Lipinski definition) is 0. The second-order valence-electron chi connectivity index (χ2n) is 4.00. The first-order chi connectivity index (χ1) is 7.18. The number of carbonyl (C=O) groups is 1. The first-order valence-corrected chi connectivity index (χ1v) is 5.24. The van der Waals surface area contributed by atoms with E-state index in [1.54, 1.807) is 0 Å². The van der Waals surface area contributed by atoms with Gasteiger partial charge < -0.3 is 4.90 Å². The van der Waals surface area contributed by atoms with Crippen LogP contribution in [0.15, 0.2) is 30.8 Å². The van der Waals surface area contributed by atoms with Crippen LogP contribution in [0.25, 0.3) is 5.57 Å². The van der Waals surface area contributed by atoms with Gasteiger partial charge in [0.1, 0.15) is 0 Å². The van der Waals surface area contributed by atoms with Gasteiger partial charge in [0.15, 0.2) is 0 Å². The summed E-state index contributed by atoms with van der Waals surface area (Å²) in [4.78, 5) is 13.7. The lowest BCUT2D eigenvalue weighted by Gasteiger charge is -2.30. The zero-order valence-electron chi connectivity index (χ0n) is 8.99. The molecule has 1 amide bonds. The van der Waals surface area contributed by atoms with Gasteiger partial charge in [-0.2, -0.15) is 0 Å². The molecule has 0 aliphatic carbocycles. The SMILES string of the molecule is C=C(C)c1ccc(C(=O)N2CCC2)cc1. The number of likely N-dealkylation sites (tertiary alicyclic amines) is 1. The van der Waals surface area contributed by atoms with E-state index in [1.165, 1.54) is 0 Å². The average Bonchev–Trinajstić information content (AvgIpc) is 2.15. The van der Waals surface area contributed by atoms with Crippen molar-refractivity contribution in [2.75, 3.05) is 13.1 Å². The molecule has 2 rings (SSSR count). The summed E-state index contributed by atoms with van der Waals surface area (Å²) in [7, 11) is 0. The molecule has 0 atom stereocenters. The van der Waals surface area contributed by atoms with Crippen LogP contribution < -0.4 is 0 Å². The zero-order chi connectivity index (χ0) is 10.8. The molecule has 1 aromatic rings. The lowest BCUT2D eigenvalue weighted by Crippen LogP contribution is -2.41. The number of allylic oxidation sites excluding steroid dienone is 1. The molecule has 1 saturated heterocycles. The minimum absolute atomic E-state index is 0.148. The van der Waals surface area contributed by atoms with Gasteiger partial charge in [-0.3, -0.25) is 4.79 Å². The van der Waals surface area contributed by atoms with Gasteiger partial charge in [-0.05, 0) is 31.0 Å². The van der Waals surface area contributed by atoms with Crippen molar-refractivity contribution in [1.29, 1.82) is 0 Å². The molecule has 0 bridgehead atoms. The van der Waals surface area contributed by atoms with Crippen LogP contribution in [0.3, 0.4) is 0 Å². The molecule has 1 aromatic carbocycles. The smallest absolute Gasteiger partial charge is 0.253 e. The molecular weight excluding hydrogens is 186 g/mol. The Morgan fingerprint density at radius 3 is 2.13 bits per heavy atom. The van der Waals surface area contributed by atoms with Gasteiger partial charge in [0.25, 0.3) is 5.91 Å². The maximum atomic E-state index is 11.8. The second-order valence-corrected chi connectivity index (χ2v) is 4.00. The number of nitrogens with zero attached hydrogens (tertiary/aromatic N) is 1. The number of rotatable bonds is 2. The van der Waals surface area contributed by atoms with Crippen LogP contribution in [0.4, 0.5) is 0 Å². The van der Waals surface area contributed by atoms with E-state index in [2.05, 4.69) is 6.58 Å². The maximum absolute atomic E-state index is 11.8. The van der Waals surface area contributed by atoms with Crippen LogP contribution in [-0.4, -0.2) is 23.9 Å². The highest BCUT2D eigenvalue weighted by Gasteiger charge is 2.21. The highest BCUT2D eigenvalue weighted by Crippen LogP contribution is 2.16. The summed E-state index contributed by atoms with van der Waals surface area (Å²) in [6.07, 6.45) is 1.13. The van der Waals surface area contributed by atoms with E-state index in [0.29, 0.717) is 0 Å². The Balaban J connectivity index is 2.15. The minimum Gasteiger partial charge on any atom is -0.339 e. The Bertz CT molecular complexity index is 388. The summed E-state index contributed by atoms with van der Waals surface area (Å²) in [5, 5.41) is 0. The molecule has 1 aliphatic rings. The predicted octanol–water partition coefficient (Wildman–Crippen LogP) is 2.57. The van der Waals surface area contributed by atoms with Crippen molar-refractivity contribution >= 4 is 11.5 Å². The summed E-state index contributed by atoms with van der Waals surface area (Å²) in [6.45, 7) is 7.64. The van der Waals surface area contributed by atoms with Crippen molar-refractivity contribution in [3.05, 3.63) is 42.0 Å². The summed E-state index contributed by atoms with van der Waals surface area (Å²) in [5.74, 6) is 0.148. The zero-order valence-corrected chi connectivity index (χ0v) is 8.99. The van der Waals surface area contributed by atoms with Crippen LogP contribution in [-0.2, 0) is 0 Å². The van der Waals surface area contributed by atoms with Gasteiger partial charge in [0.2, 0.25) is 0 Å². The number of carbonyl (C=O) groups excluding carboxylic acids is 1. The molecule has 2 heteroatoms. The summed E-state index contributed by atoms with van der Waals surface area (Å²) in [5.41, 5.74) is 2.90. The van der Waals surface area contributed by atoms with Crippen molar-refractivity contribution in [3.63, 3.8) is 0 Å². The van der Waals surface area contributed by atoms with E-state index in [9.17, 15) is 4.79 Å². The Kier molecular flexibility index (Phi) is 2.58. The highest BCUT2D eigenvalue weighted by molar-refractivity contribution is 5.94. The molecule has 0 radical (unpaired) electrons. The fourth-order valence-corrected chi connectivity index (χ4v) is 1.60. The van der Waals surface area contributed by atoms with Crippen molar-refractivity contribution in [1.82, 2.24) is 4.90 Å². The largest absolute Gasteiger partial charge is 0.339 e. The van der Waals surface area contributed by atoms with Crippen LogP contribution in [0.1, 0.15) is 29.3 Å². The van der Waals surface area contributed by atoms with E-state index < -0.39 is 0 Å². The molecule has 2 nitrogen and oxygen atoms in total. The predicted molar refractivity (Wildman–Crippen MR) is 61.7 cm³/mol. The first-order valence-electron chi connectivity index (χ1n) is 5.24. The monoisotopic (exact) mass is 201 g/mol. The van der Waals surface area contributed by atoms with Crippen LogP contribution in [0.5, 0.6) is 0 Å². The van der Waals surface area contributed by atoms with E-state index in [0.717, 1.165) is 36.2 Å². The third-order valence-corrected chi connectivity index (χ3v) is 2.77. The highest BCUT2D eigenvalue weighted by atomic mass is 16.2. The van der Waals surface area contributed by atoms with E-state index in [4.69, 9.17) is 0 Å². The Morgan fingerprint density at radius 2 is 1.73 bits per heavy atom. The number of hydrogen-bond acceptors (Lipinski definition) is 1. The summed E-state index contributed by atoms with van der Waals surface area (Å²) in [6, 6.07) is 7.67. The molecular formula is C13H15NO. The molecule has 0 unspecified atom stereocenters.